The summed E-state index contributed by atoms with van der Waals surface area (Å²) in [6.45, 7) is 4.32. The fourth-order valence-corrected chi connectivity index (χ4v) is 2.86. The van der Waals surface area contributed by atoms with Crippen molar-refractivity contribution in [2.45, 2.75) is 70.8 Å². The van der Waals surface area contributed by atoms with Crippen LogP contribution in [0.5, 0.6) is 0 Å². The molecule has 0 aromatic heterocycles. The molecule has 0 aromatic rings. The zero-order valence-corrected chi connectivity index (χ0v) is 11.0. The van der Waals surface area contributed by atoms with E-state index in [1.165, 1.54) is 57.9 Å². The highest BCUT2D eigenvalue weighted by Gasteiger charge is 2.17. The van der Waals surface area contributed by atoms with E-state index in [0.717, 1.165) is 24.9 Å². The molecule has 1 aliphatic rings. The topological polar surface area (TPSA) is 38.0 Å². The van der Waals surface area contributed by atoms with Crippen molar-refractivity contribution in [1.29, 1.82) is 0 Å². The predicted octanol–water partition coefficient (Wildman–Crippen LogP) is 3.06. The minimum Gasteiger partial charge on any atom is -0.330 e. The van der Waals surface area contributed by atoms with E-state index < -0.39 is 0 Å². The van der Waals surface area contributed by atoms with E-state index in [4.69, 9.17) is 5.73 Å². The summed E-state index contributed by atoms with van der Waals surface area (Å²) in [7, 11) is 0. The Hall–Kier alpha value is -0.0800. The third kappa shape index (κ3) is 5.86. The normalized spacial score (nSPS) is 26.6. The number of nitrogens with one attached hydrogen (secondary N) is 1. The van der Waals surface area contributed by atoms with Crippen molar-refractivity contribution in [2.75, 3.05) is 13.1 Å². The highest BCUT2D eigenvalue weighted by Crippen LogP contribution is 2.26. The van der Waals surface area contributed by atoms with Crippen LogP contribution in [0.1, 0.15) is 64.7 Å². The van der Waals surface area contributed by atoms with Gasteiger partial charge in [0.05, 0.1) is 0 Å². The van der Waals surface area contributed by atoms with Gasteiger partial charge >= 0.3 is 0 Å². The van der Waals surface area contributed by atoms with Crippen LogP contribution in [0, 0.1) is 5.92 Å². The number of hydrogen-bond acceptors (Lipinski definition) is 2. The number of unbranched alkanes of at least 4 members (excludes halogenated alkanes) is 1. The monoisotopic (exact) mass is 226 g/mol. The van der Waals surface area contributed by atoms with Crippen LogP contribution in [0.3, 0.4) is 0 Å². The average Bonchev–Trinajstić information content (AvgIpc) is 2.51. The van der Waals surface area contributed by atoms with Gasteiger partial charge < -0.3 is 11.1 Å². The lowest BCUT2D eigenvalue weighted by molar-refractivity contribution is 0.409. The average molecular weight is 226 g/mol. The summed E-state index contributed by atoms with van der Waals surface area (Å²) in [5, 5.41) is 3.70. The maximum absolute atomic E-state index is 5.50. The second kappa shape index (κ2) is 9.00. The first-order valence-corrected chi connectivity index (χ1v) is 7.30. The lowest BCUT2D eigenvalue weighted by Crippen LogP contribution is -2.29. The summed E-state index contributed by atoms with van der Waals surface area (Å²) >= 11 is 0. The Morgan fingerprint density at radius 3 is 2.75 bits per heavy atom. The van der Waals surface area contributed by atoms with Crippen molar-refractivity contribution in [3.63, 3.8) is 0 Å². The van der Waals surface area contributed by atoms with E-state index in [9.17, 15) is 0 Å². The third-order valence-corrected chi connectivity index (χ3v) is 3.85. The van der Waals surface area contributed by atoms with E-state index in [-0.39, 0.29) is 0 Å². The Kier molecular flexibility index (Phi) is 7.87. The Morgan fingerprint density at radius 1 is 1.12 bits per heavy atom. The second-order valence-electron chi connectivity index (χ2n) is 5.31. The van der Waals surface area contributed by atoms with Crippen molar-refractivity contribution in [1.82, 2.24) is 5.32 Å². The zero-order chi connectivity index (χ0) is 11.6. The van der Waals surface area contributed by atoms with Crippen LogP contribution in [0.2, 0.25) is 0 Å². The fraction of sp³-hybridized carbons (Fsp3) is 1.00. The van der Waals surface area contributed by atoms with E-state index in [0.29, 0.717) is 0 Å². The van der Waals surface area contributed by atoms with Gasteiger partial charge in [-0.05, 0) is 51.1 Å². The molecule has 3 N–H and O–H groups in total. The van der Waals surface area contributed by atoms with Crippen molar-refractivity contribution in [3.05, 3.63) is 0 Å². The summed E-state index contributed by atoms with van der Waals surface area (Å²) in [5.74, 6) is 1.01. The van der Waals surface area contributed by atoms with Crippen LogP contribution >= 0.6 is 0 Å². The molecular weight excluding hydrogens is 196 g/mol. The lowest BCUT2D eigenvalue weighted by atomic mass is 9.95. The summed E-state index contributed by atoms with van der Waals surface area (Å²) in [5.41, 5.74) is 5.50. The Balaban J connectivity index is 2.10. The fourth-order valence-electron chi connectivity index (χ4n) is 2.86. The molecule has 0 radical (unpaired) electrons. The molecule has 0 aromatic carbocycles. The van der Waals surface area contributed by atoms with Crippen LogP contribution in [0.25, 0.3) is 0 Å². The summed E-state index contributed by atoms with van der Waals surface area (Å²) in [6.07, 6.45) is 12.3. The minimum absolute atomic E-state index is 0.791. The standard InChI is InChI=1S/C14H30N2/c1-2-6-13-7-5-8-14(10-9-13)16-12-4-3-11-15/h13-14,16H,2-12,15H2,1H3. The van der Waals surface area contributed by atoms with Crippen LogP contribution < -0.4 is 11.1 Å². The molecule has 0 amide bonds. The third-order valence-electron chi connectivity index (χ3n) is 3.85. The van der Waals surface area contributed by atoms with Gasteiger partial charge in [0.25, 0.3) is 0 Å². The number of hydrogen-bond donors (Lipinski definition) is 2. The molecule has 2 nitrogen and oxygen atoms in total. The number of nitrogens with two attached hydrogens (primary N) is 1. The smallest absolute Gasteiger partial charge is 0.00671 e. The van der Waals surface area contributed by atoms with Crippen LogP contribution in [0.15, 0.2) is 0 Å². The molecule has 0 heterocycles. The molecule has 1 saturated carbocycles. The molecule has 2 unspecified atom stereocenters. The first kappa shape index (κ1) is 14.0. The van der Waals surface area contributed by atoms with Crippen LogP contribution in [-0.2, 0) is 0 Å². The quantitative estimate of drug-likeness (QED) is 0.517. The summed E-state index contributed by atoms with van der Waals surface area (Å²) in [6, 6.07) is 0.791. The molecule has 1 fully saturated rings. The maximum Gasteiger partial charge on any atom is 0.00671 e. The molecule has 0 bridgehead atoms. The summed E-state index contributed by atoms with van der Waals surface area (Å²) in [4.78, 5) is 0. The van der Waals surface area contributed by atoms with Crippen LogP contribution in [0.4, 0.5) is 0 Å². The molecule has 0 saturated heterocycles. The SMILES string of the molecule is CCCC1CCCC(NCCCCN)CC1. The molecule has 2 heteroatoms. The first-order valence-electron chi connectivity index (χ1n) is 7.30. The largest absolute Gasteiger partial charge is 0.330 e. The molecule has 16 heavy (non-hydrogen) atoms. The lowest BCUT2D eigenvalue weighted by Gasteiger charge is -2.16. The predicted molar refractivity (Wildman–Crippen MR) is 71.6 cm³/mol. The zero-order valence-electron chi connectivity index (χ0n) is 11.0. The molecule has 96 valence electrons. The molecule has 2 atom stereocenters. The molecule has 0 aliphatic heterocycles. The van der Waals surface area contributed by atoms with Crippen molar-refractivity contribution < 1.29 is 0 Å². The van der Waals surface area contributed by atoms with Gasteiger partial charge in [-0.2, -0.15) is 0 Å². The van der Waals surface area contributed by atoms with Crippen LogP contribution in [-0.4, -0.2) is 19.1 Å². The highest BCUT2D eigenvalue weighted by atomic mass is 14.9. The first-order chi connectivity index (χ1) is 7.86. The Morgan fingerprint density at radius 2 is 2.00 bits per heavy atom. The van der Waals surface area contributed by atoms with E-state index in [1.807, 2.05) is 0 Å². The van der Waals surface area contributed by atoms with Crippen molar-refractivity contribution in [3.8, 4) is 0 Å². The summed E-state index contributed by atoms with van der Waals surface area (Å²) < 4.78 is 0. The van der Waals surface area contributed by atoms with Gasteiger partial charge in [0.15, 0.2) is 0 Å². The van der Waals surface area contributed by atoms with Gasteiger partial charge in [-0.25, -0.2) is 0 Å². The van der Waals surface area contributed by atoms with Gasteiger partial charge in [0, 0.05) is 6.04 Å². The highest BCUT2D eigenvalue weighted by molar-refractivity contribution is 4.74. The van der Waals surface area contributed by atoms with E-state index in [2.05, 4.69) is 12.2 Å². The van der Waals surface area contributed by atoms with E-state index >= 15 is 0 Å². The van der Waals surface area contributed by atoms with Gasteiger partial charge in [0.1, 0.15) is 0 Å². The second-order valence-corrected chi connectivity index (χ2v) is 5.31. The van der Waals surface area contributed by atoms with Gasteiger partial charge in [-0.3, -0.25) is 0 Å². The molecule has 1 aliphatic carbocycles. The Labute approximate surface area is 101 Å². The van der Waals surface area contributed by atoms with Gasteiger partial charge in [-0.15, -0.1) is 0 Å². The molecule has 1 rings (SSSR count). The number of rotatable bonds is 7. The Bertz CT molecular complexity index is 159. The molecular formula is C14H30N2. The van der Waals surface area contributed by atoms with Gasteiger partial charge in [0.2, 0.25) is 0 Å². The minimum atomic E-state index is 0.791. The maximum atomic E-state index is 5.50. The van der Waals surface area contributed by atoms with Crippen molar-refractivity contribution >= 4 is 0 Å². The van der Waals surface area contributed by atoms with E-state index in [1.54, 1.807) is 0 Å². The molecule has 0 spiro atoms. The van der Waals surface area contributed by atoms with Crippen molar-refractivity contribution in [2.24, 2.45) is 11.7 Å². The van der Waals surface area contributed by atoms with Gasteiger partial charge in [-0.1, -0.05) is 32.6 Å².